The molecular formula is C29H32N4O4S. The van der Waals surface area contributed by atoms with Crippen molar-refractivity contribution in [3.63, 3.8) is 0 Å². The highest BCUT2D eigenvalue weighted by atomic mass is 32.2. The smallest absolute Gasteiger partial charge is 0.246 e. The molecule has 3 aliphatic heterocycles. The molecular weight excluding hydrogens is 500 g/mol. The lowest BCUT2D eigenvalue weighted by molar-refractivity contribution is -0.142. The number of carbonyl (C=O) groups is 3. The number of hydrogen-bond donors (Lipinski definition) is 2. The van der Waals surface area contributed by atoms with E-state index in [9.17, 15) is 14.4 Å². The van der Waals surface area contributed by atoms with Crippen LogP contribution in [0, 0.1) is 11.8 Å². The summed E-state index contributed by atoms with van der Waals surface area (Å²) in [5, 5.41) is 6.22. The zero-order valence-corrected chi connectivity index (χ0v) is 22.2. The molecule has 38 heavy (non-hydrogen) atoms. The molecule has 3 amide bonds. The lowest BCUT2D eigenvalue weighted by Gasteiger charge is -2.34. The fourth-order valence-electron chi connectivity index (χ4n) is 6.58. The minimum atomic E-state index is -1.17. The second-order valence-corrected chi connectivity index (χ2v) is 11.5. The lowest BCUT2D eigenvalue weighted by Crippen LogP contribution is -2.56. The highest BCUT2D eigenvalue weighted by Crippen LogP contribution is 2.55. The Bertz CT molecular complexity index is 1260. The van der Waals surface area contributed by atoms with E-state index in [0.717, 1.165) is 36.1 Å². The fraction of sp³-hybridized carbons (Fsp3) is 0.448. The first kappa shape index (κ1) is 25.1. The van der Waals surface area contributed by atoms with E-state index in [-0.39, 0.29) is 30.3 Å². The summed E-state index contributed by atoms with van der Waals surface area (Å²) in [6.45, 7) is 0.222. The van der Waals surface area contributed by atoms with Crippen molar-refractivity contribution in [1.29, 1.82) is 0 Å². The molecule has 4 heterocycles. The number of likely N-dealkylation sites (tertiary alicyclic amines) is 1. The molecule has 0 radical (unpaired) electrons. The van der Waals surface area contributed by atoms with Gasteiger partial charge in [-0.25, -0.2) is 0 Å². The van der Waals surface area contributed by atoms with Gasteiger partial charge in [0.1, 0.15) is 11.6 Å². The van der Waals surface area contributed by atoms with Gasteiger partial charge >= 0.3 is 0 Å². The molecule has 3 fully saturated rings. The summed E-state index contributed by atoms with van der Waals surface area (Å²) < 4.78 is 6.45. The van der Waals surface area contributed by atoms with Crippen molar-refractivity contribution < 1.29 is 19.1 Å². The van der Waals surface area contributed by atoms with Gasteiger partial charge in [-0.2, -0.15) is 0 Å². The Labute approximate surface area is 226 Å². The molecule has 2 bridgehead atoms. The van der Waals surface area contributed by atoms with Crippen molar-refractivity contribution in [1.82, 2.24) is 15.2 Å². The number of amides is 3. The molecule has 2 saturated heterocycles. The maximum atomic E-state index is 14.1. The Morgan fingerprint density at radius 3 is 2.76 bits per heavy atom. The van der Waals surface area contributed by atoms with E-state index in [1.807, 2.05) is 54.8 Å². The molecule has 1 saturated carbocycles. The zero-order chi connectivity index (χ0) is 26.3. The first-order valence-electron chi connectivity index (χ1n) is 13.3. The number of carbonyl (C=O) groups excluding carboxylic acids is 3. The van der Waals surface area contributed by atoms with Gasteiger partial charge in [0.15, 0.2) is 0 Å². The van der Waals surface area contributed by atoms with Crippen molar-refractivity contribution in [3.8, 4) is 0 Å². The molecule has 1 aromatic carbocycles. The van der Waals surface area contributed by atoms with Crippen molar-refractivity contribution >= 4 is 35.2 Å². The number of ether oxygens (including phenoxy) is 1. The van der Waals surface area contributed by atoms with Gasteiger partial charge in [0.05, 0.1) is 17.9 Å². The Morgan fingerprint density at radius 2 is 2.00 bits per heavy atom. The first-order valence-corrected chi connectivity index (χ1v) is 14.5. The average molecular weight is 533 g/mol. The van der Waals surface area contributed by atoms with Gasteiger partial charge in [-0.1, -0.05) is 43.5 Å². The van der Waals surface area contributed by atoms with Gasteiger partial charge < -0.3 is 20.3 Å². The molecule has 9 heteroatoms. The topological polar surface area (TPSA) is 101 Å². The van der Waals surface area contributed by atoms with E-state index < -0.39 is 29.6 Å². The average Bonchev–Trinajstić information content (AvgIpc) is 3.57. The van der Waals surface area contributed by atoms with E-state index in [0.29, 0.717) is 5.69 Å². The molecule has 2 aromatic rings. The van der Waals surface area contributed by atoms with Crippen LogP contribution >= 0.6 is 11.8 Å². The summed E-state index contributed by atoms with van der Waals surface area (Å²) in [7, 11) is 0. The number of fused-ring (bicyclic) bond motifs is 1. The quantitative estimate of drug-likeness (QED) is 0.418. The molecule has 4 aliphatic rings. The molecule has 2 N–H and O–H groups in total. The minimum Gasteiger partial charge on any atom is -0.359 e. The van der Waals surface area contributed by atoms with E-state index in [2.05, 4.69) is 15.6 Å². The number of benzene rings is 1. The molecule has 1 aliphatic carbocycles. The Kier molecular flexibility index (Phi) is 6.74. The normalized spacial score (nSPS) is 29.9. The maximum Gasteiger partial charge on any atom is 0.246 e. The van der Waals surface area contributed by atoms with Gasteiger partial charge in [-0.3, -0.25) is 19.4 Å². The zero-order valence-electron chi connectivity index (χ0n) is 21.3. The van der Waals surface area contributed by atoms with Crippen LogP contribution in [0.1, 0.15) is 37.7 Å². The lowest BCUT2D eigenvalue weighted by atomic mass is 9.74. The van der Waals surface area contributed by atoms with Crippen LogP contribution in [-0.2, 0) is 25.7 Å². The Balaban J connectivity index is 1.31. The Morgan fingerprint density at radius 1 is 1.16 bits per heavy atom. The SMILES string of the molecule is CSc1cccc(NC(=O)C2C3C=CC4(O3)C2C(=O)N(Cc2cccnc2)C4C(=O)NC2CCCCC2)c1. The van der Waals surface area contributed by atoms with Gasteiger partial charge in [0.25, 0.3) is 0 Å². The maximum absolute atomic E-state index is 14.1. The third kappa shape index (κ3) is 4.31. The van der Waals surface area contributed by atoms with Gasteiger partial charge in [-0.15, -0.1) is 11.8 Å². The van der Waals surface area contributed by atoms with E-state index >= 15 is 0 Å². The monoisotopic (exact) mass is 532 g/mol. The standard InChI is InChI=1S/C29H32N4O4S/c1-38-21-11-5-10-20(15-21)32-26(34)23-22-12-13-29(37-22)24(23)28(36)33(17-18-7-6-14-30-16-18)25(29)27(35)31-19-8-3-2-4-9-19/h5-7,10-16,19,22-25H,2-4,8-9,17H2,1H3,(H,31,35)(H,32,34). The molecule has 1 aromatic heterocycles. The van der Waals surface area contributed by atoms with E-state index in [1.165, 1.54) is 6.42 Å². The Hall–Kier alpha value is -3.17. The van der Waals surface area contributed by atoms with Gasteiger partial charge in [0, 0.05) is 35.6 Å². The van der Waals surface area contributed by atoms with E-state index in [4.69, 9.17) is 4.74 Å². The number of pyridine rings is 1. The highest BCUT2D eigenvalue weighted by molar-refractivity contribution is 7.98. The van der Waals surface area contributed by atoms with E-state index in [1.54, 1.807) is 29.1 Å². The largest absolute Gasteiger partial charge is 0.359 e. The molecule has 5 unspecified atom stereocenters. The molecule has 1 spiro atoms. The van der Waals surface area contributed by atoms with Crippen LogP contribution in [0.5, 0.6) is 0 Å². The summed E-state index contributed by atoms with van der Waals surface area (Å²) >= 11 is 1.59. The second kappa shape index (κ2) is 10.2. The summed E-state index contributed by atoms with van der Waals surface area (Å²) in [5.41, 5.74) is 0.319. The third-order valence-corrected chi connectivity index (χ3v) is 9.01. The first-order chi connectivity index (χ1) is 18.5. The minimum absolute atomic E-state index is 0.0902. The van der Waals surface area contributed by atoms with Gasteiger partial charge in [-0.05, 0) is 48.9 Å². The number of nitrogens with zero attached hydrogens (tertiary/aromatic N) is 2. The van der Waals surface area contributed by atoms with Crippen molar-refractivity contribution in [2.75, 3.05) is 11.6 Å². The van der Waals surface area contributed by atoms with Crippen LogP contribution in [0.2, 0.25) is 0 Å². The number of aromatic nitrogens is 1. The predicted molar refractivity (Wildman–Crippen MR) is 144 cm³/mol. The summed E-state index contributed by atoms with van der Waals surface area (Å²) in [6, 6.07) is 10.5. The molecule has 5 atom stereocenters. The third-order valence-electron chi connectivity index (χ3n) is 8.29. The fourth-order valence-corrected chi connectivity index (χ4v) is 7.04. The summed E-state index contributed by atoms with van der Waals surface area (Å²) in [5.74, 6) is -2.22. The molecule has 8 nitrogen and oxygen atoms in total. The van der Waals surface area contributed by atoms with Crippen molar-refractivity contribution in [2.24, 2.45) is 11.8 Å². The van der Waals surface area contributed by atoms with Gasteiger partial charge in [0.2, 0.25) is 17.7 Å². The van der Waals surface area contributed by atoms with Crippen LogP contribution in [0.25, 0.3) is 0 Å². The number of hydrogen-bond acceptors (Lipinski definition) is 6. The van der Waals surface area contributed by atoms with Crippen LogP contribution in [0.15, 0.2) is 65.8 Å². The summed E-state index contributed by atoms with van der Waals surface area (Å²) in [6.07, 6.45) is 13.7. The van der Waals surface area contributed by atoms with Crippen LogP contribution in [-0.4, -0.2) is 57.6 Å². The predicted octanol–water partition coefficient (Wildman–Crippen LogP) is 3.54. The van der Waals surface area contributed by atoms with Crippen LogP contribution in [0.4, 0.5) is 5.69 Å². The highest BCUT2D eigenvalue weighted by Gasteiger charge is 2.72. The number of nitrogens with one attached hydrogen (secondary N) is 2. The summed E-state index contributed by atoms with van der Waals surface area (Å²) in [4.78, 5) is 48.4. The van der Waals surface area contributed by atoms with Crippen molar-refractivity contribution in [2.45, 2.75) is 67.3 Å². The molecule has 198 valence electrons. The number of thioether (sulfide) groups is 1. The number of anilines is 1. The second-order valence-electron chi connectivity index (χ2n) is 10.6. The van der Waals surface area contributed by atoms with Crippen LogP contribution in [0.3, 0.4) is 0 Å². The van der Waals surface area contributed by atoms with Crippen molar-refractivity contribution in [3.05, 3.63) is 66.5 Å². The molecule has 6 rings (SSSR count). The van der Waals surface area contributed by atoms with Crippen LogP contribution < -0.4 is 10.6 Å². The number of rotatable bonds is 7.